The summed E-state index contributed by atoms with van der Waals surface area (Å²) < 4.78 is 11.1. The van der Waals surface area contributed by atoms with Crippen LogP contribution in [-0.2, 0) is 30.5 Å². The molecule has 0 spiro atoms. The Kier molecular flexibility index (Phi) is 26.1. The highest BCUT2D eigenvalue weighted by molar-refractivity contribution is 5.82. The van der Waals surface area contributed by atoms with E-state index in [1.807, 2.05) is 30.3 Å². The third kappa shape index (κ3) is 26.8. The average molecular weight is 644 g/mol. The third-order valence-corrected chi connectivity index (χ3v) is 8.60. The van der Waals surface area contributed by atoms with Gasteiger partial charge in [0.1, 0.15) is 19.3 Å². The summed E-state index contributed by atoms with van der Waals surface area (Å²) in [7, 11) is 0. The third-order valence-electron chi connectivity index (χ3n) is 8.60. The van der Waals surface area contributed by atoms with E-state index < -0.39 is 12.1 Å². The van der Waals surface area contributed by atoms with Crippen molar-refractivity contribution in [1.29, 1.82) is 0 Å². The lowest BCUT2D eigenvalue weighted by molar-refractivity contribution is -0.152. The van der Waals surface area contributed by atoms with Crippen LogP contribution < -0.4 is 5.32 Å². The molecule has 1 N–H and O–H groups in total. The Balaban J connectivity index is 2.32. The zero-order valence-corrected chi connectivity index (χ0v) is 30.1. The van der Waals surface area contributed by atoms with Gasteiger partial charge < -0.3 is 14.8 Å². The summed E-state index contributed by atoms with van der Waals surface area (Å²) >= 11 is 0. The summed E-state index contributed by atoms with van der Waals surface area (Å²) in [5.74, 6) is 0.610. The zero-order valence-electron chi connectivity index (χ0n) is 30.1. The topological polar surface area (TPSA) is 81.7 Å². The maximum atomic E-state index is 12.7. The standard InChI is InChI=1S/C40H69NO5/c1-34(2)25-19-14-10-6-5-7-13-17-24-30-39(43)46-37(29-23-16-12-9-8-11-15-20-26-35(3)4)31-38(42)41-32-40(44)45-33-36-27-21-18-22-28-36/h18,21-22,27-28,34-35,37H,5-17,19-20,23-26,29-33H2,1-4H3,(H,41,42). The fourth-order valence-electron chi connectivity index (χ4n) is 5.73. The predicted octanol–water partition coefficient (Wildman–Crippen LogP) is 10.7. The highest BCUT2D eigenvalue weighted by atomic mass is 16.5. The van der Waals surface area contributed by atoms with Crippen LogP contribution in [0.1, 0.15) is 175 Å². The summed E-state index contributed by atoms with van der Waals surface area (Å²) in [6.07, 6.45) is 23.9. The second kappa shape index (κ2) is 28.8. The van der Waals surface area contributed by atoms with Crippen LogP contribution in [0.25, 0.3) is 0 Å². The summed E-state index contributed by atoms with van der Waals surface area (Å²) in [5.41, 5.74) is 0.896. The predicted molar refractivity (Wildman–Crippen MR) is 190 cm³/mol. The molecule has 0 aliphatic carbocycles. The first kappa shape index (κ1) is 41.7. The molecule has 0 aliphatic heterocycles. The van der Waals surface area contributed by atoms with Crippen molar-refractivity contribution in [3.05, 3.63) is 35.9 Å². The lowest BCUT2D eigenvalue weighted by Gasteiger charge is -2.18. The van der Waals surface area contributed by atoms with Crippen molar-refractivity contribution in [2.75, 3.05) is 6.54 Å². The number of amides is 1. The van der Waals surface area contributed by atoms with Gasteiger partial charge in [-0.2, -0.15) is 0 Å². The molecule has 6 nitrogen and oxygen atoms in total. The van der Waals surface area contributed by atoms with Crippen LogP contribution in [0.3, 0.4) is 0 Å². The minimum atomic E-state index is -0.485. The normalized spacial score (nSPS) is 12.0. The Bertz CT molecular complexity index is 885. The van der Waals surface area contributed by atoms with Crippen LogP contribution in [0, 0.1) is 11.8 Å². The van der Waals surface area contributed by atoms with Crippen molar-refractivity contribution in [3.8, 4) is 0 Å². The molecule has 1 rings (SSSR count). The van der Waals surface area contributed by atoms with Gasteiger partial charge in [0.25, 0.3) is 0 Å². The van der Waals surface area contributed by atoms with Gasteiger partial charge in [0, 0.05) is 6.42 Å². The van der Waals surface area contributed by atoms with Crippen LogP contribution in [0.4, 0.5) is 0 Å². The molecule has 0 saturated heterocycles. The number of unbranched alkanes of at least 4 members (excludes halogenated alkanes) is 15. The molecule has 1 unspecified atom stereocenters. The van der Waals surface area contributed by atoms with Crippen LogP contribution in [-0.4, -0.2) is 30.5 Å². The van der Waals surface area contributed by atoms with Crippen molar-refractivity contribution in [2.24, 2.45) is 11.8 Å². The van der Waals surface area contributed by atoms with E-state index in [-0.39, 0.29) is 31.4 Å². The van der Waals surface area contributed by atoms with Crippen molar-refractivity contribution < 1.29 is 23.9 Å². The molecule has 0 saturated carbocycles. The van der Waals surface area contributed by atoms with Gasteiger partial charge >= 0.3 is 11.9 Å². The minimum Gasteiger partial charge on any atom is -0.462 e. The zero-order chi connectivity index (χ0) is 33.7. The monoisotopic (exact) mass is 644 g/mol. The van der Waals surface area contributed by atoms with Crippen LogP contribution >= 0.6 is 0 Å². The molecule has 1 amide bonds. The fraction of sp³-hybridized carbons (Fsp3) is 0.775. The van der Waals surface area contributed by atoms with Gasteiger partial charge in [-0.3, -0.25) is 14.4 Å². The van der Waals surface area contributed by atoms with Crippen molar-refractivity contribution in [3.63, 3.8) is 0 Å². The average Bonchev–Trinajstić information content (AvgIpc) is 3.02. The fourth-order valence-corrected chi connectivity index (χ4v) is 5.73. The van der Waals surface area contributed by atoms with Gasteiger partial charge in [-0.15, -0.1) is 0 Å². The molecule has 0 fully saturated rings. The summed E-state index contributed by atoms with van der Waals surface area (Å²) in [5, 5.41) is 2.65. The smallest absolute Gasteiger partial charge is 0.325 e. The minimum absolute atomic E-state index is 0.0741. The van der Waals surface area contributed by atoms with Crippen molar-refractivity contribution in [1.82, 2.24) is 5.32 Å². The first-order valence-electron chi connectivity index (χ1n) is 18.9. The number of benzene rings is 1. The van der Waals surface area contributed by atoms with E-state index in [2.05, 4.69) is 33.0 Å². The van der Waals surface area contributed by atoms with E-state index in [0.29, 0.717) is 12.8 Å². The van der Waals surface area contributed by atoms with Crippen molar-refractivity contribution in [2.45, 2.75) is 182 Å². The van der Waals surface area contributed by atoms with E-state index in [1.54, 1.807) is 0 Å². The summed E-state index contributed by atoms with van der Waals surface area (Å²) in [4.78, 5) is 37.5. The number of hydrogen-bond acceptors (Lipinski definition) is 5. The molecule has 0 bridgehead atoms. The van der Waals surface area contributed by atoms with Gasteiger partial charge in [-0.1, -0.05) is 167 Å². The first-order chi connectivity index (χ1) is 22.3. The Morgan fingerprint density at radius 3 is 1.54 bits per heavy atom. The van der Waals surface area contributed by atoms with E-state index in [0.717, 1.165) is 49.5 Å². The molecule has 264 valence electrons. The second-order valence-corrected chi connectivity index (χ2v) is 14.2. The molecule has 1 aromatic rings. The molecule has 0 heterocycles. The van der Waals surface area contributed by atoms with Crippen LogP contribution in [0.2, 0.25) is 0 Å². The summed E-state index contributed by atoms with van der Waals surface area (Å²) in [6, 6.07) is 9.45. The quantitative estimate of drug-likeness (QED) is 0.0666. The van der Waals surface area contributed by atoms with E-state index in [1.165, 1.54) is 89.9 Å². The number of ether oxygens (including phenoxy) is 2. The highest BCUT2D eigenvalue weighted by Gasteiger charge is 2.19. The lowest BCUT2D eigenvalue weighted by atomic mass is 10.0. The van der Waals surface area contributed by atoms with E-state index in [4.69, 9.17) is 9.47 Å². The maximum absolute atomic E-state index is 12.7. The Morgan fingerprint density at radius 2 is 1.04 bits per heavy atom. The van der Waals surface area contributed by atoms with Crippen molar-refractivity contribution >= 4 is 17.8 Å². The Hall–Kier alpha value is -2.37. The second-order valence-electron chi connectivity index (χ2n) is 14.2. The van der Waals surface area contributed by atoms with Crippen LogP contribution in [0.15, 0.2) is 30.3 Å². The molecule has 1 atom stereocenters. The highest BCUT2D eigenvalue weighted by Crippen LogP contribution is 2.17. The lowest BCUT2D eigenvalue weighted by Crippen LogP contribution is -2.34. The number of rotatable bonds is 30. The van der Waals surface area contributed by atoms with Gasteiger partial charge in [-0.25, -0.2) is 0 Å². The number of esters is 2. The first-order valence-corrected chi connectivity index (χ1v) is 18.9. The molecular weight excluding hydrogens is 574 g/mol. The largest absolute Gasteiger partial charge is 0.462 e. The maximum Gasteiger partial charge on any atom is 0.325 e. The molecule has 1 aromatic carbocycles. The summed E-state index contributed by atoms with van der Waals surface area (Å²) in [6.45, 7) is 9.14. The SMILES string of the molecule is CC(C)CCCCCCCCCCCC(=O)OC(CCCCCCCCCCC(C)C)CC(=O)NCC(=O)OCc1ccccc1. The Morgan fingerprint density at radius 1 is 0.587 bits per heavy atom. The number of nitrogens with one attached hydrogen (secondary N) is 1. The van der Waals surface area contributed by atoms with Gasteiger partial charge in [0.2, 0.25) is 5.91 Å². The molecule has 0 aliphatic rings. The number of carbonyl (C=O) groups is 3. The molecule has 6 heteroatoms. The molecule has 0 radical (unpaired) electrons. The Labute approximate surface area is 282 Å². The van der Waals surface area contributed by atoms with Gasteiger partial charge in [-0.05, 0) is 36.7 Å². The molecule has 46 heavy (non-hydrogen) atoms. The number of carbonyl (C=O) groups excluding carboxylic acids is 3. The van der Waals surface area contributed by atoms with Crippen LogP contribution in [0.5, 0.6) is 0 Å². The number of hydrogen-bond donors (Lipinski definition) is 1. The molecular formula is C40H69NO5. The van der Waals surface area contributed by atoms with Gasteiger partial charge in [0.05, 0.1) is 6.42 Å². The van der Waals surface area contributed by atoms with E-state index in [9.17, 15) is 14.4 Å². The van der Waals surface area contributed by atoms with E-state index >= 15 is 0 Å². The van der Waals surface area contributed by atoms with Gasteiger partial charge in [0.15, 0.2) is 0 Å². The molecule has 0 aromatic heterocycles.